The molecule has 2 amide bonds. The zero-order valence-electron chi connectivity index (χ0n) is 13.2. The van der Waals surface area contributed by atoms with Gasteiger partial charge in [-0.25, -0.2) is 0 Å². The number of aromatic amines is 1. The first-order chi connectivity index (χ1) is 11.4. The molecule has 1 heterocycles. The quantitative estimate of drug-likeness (QED) is 0.466. The number of amides is 2. The van der Waals surface area contributed by atoms with Gasteiger partial charge in [-0.05, 0) is 23.8 Å². The predicted molar refractivity (Wildman–Crippen MR) is 93.4 cm³/mol. The Kier molecular flexibility index (Phi) is 6.36. The Labute approximate surface area is 147 Å². The molecule has 5 N–H and O–H groups in total. The monoisotopic (exact) mass is 397 g/mol. The van der Waals surface area contributed by atoms with Crippen molar-refractivity contribution in [2.45, 2.75) is 25.4 Å². The van der Waals surface area contributed by atoms with Crippen molar-refractivity contribution < 1.29 is 19.8 Å². The van der Waals surface area contributed by atoms with Crippen LogP contribution in [0, 0.1) is 0 Å². The number of carbonyl (C=O) groups excluding carboxylic acids is 2. The van der Waals surface area contributed by atoms with Gasteiger partial charge in [-0.1, -0.05) is 15.9 Å². The van der Waals surface area contributed by atoms with Crippen molar-refractivity contribution in [1.29, 1.82) is 0 Å². The molecule has 1 aromatic carbocycles. The minimum Gasteiger partial charge on any atom is -0.394 e. The first-order valence-electron chi connectivity index (χ1n) is 7.49. The van der Waals surface area contributed by atoms with Crippen molar-refractivity contribution in [2.24, 2.45) is 0 Å². The van der Waals surface area contributed by atoms with Gasteiger partial charge in [-0.15, -0.1) is 0 Å². The molecule has 0 bridgehead atoms. The van der Waals surface area contributed by atoms with E-state index < -0.39 is 18.0 Å². The summed E-state index contributed by atoms with van der Waals surface area (Å²) < 4.78 is 0.914. The Bertz CT molecular complexity index is 727. The summed E-state index contributed by atoms with van der Waals surface area (Å²) in [5.41, 5.74) is 1.81. The van der Waals surface area contributed by atoms with Crippen molar-refractivity contribution in [1.82, 2.24) is 15.6 Å². The van der Waals surface area contributed by atoms with Gasteiger partial charge >= 0.3 is 0 Å². The van der Waals surface area contributed by atoms with E-state index in [9.17, 15) is 9.59 Å². The largest absolute Gasteiger partial charge is 0.394 e. The van der Waals surface area contributed by atoms with Crippen LogP contribution in [0.15, 0.2) is 28.9 Å². The lowest BCUT2D eigenvalue weighted by atomic mass is 10.0. The highest BCUT2D eigenvalue weighted by Gasteiger charge is 2.23. The number of aromatic nitrogens is 1. The van der Waals surface area contributed by atoms with Gasteiger partial charge in [0, 0.05) is 34.9 Å². The Hall–Kier alpha value is -1.90. The molecule has 0 aliphatic carbocycles. The SMILES string of the molecule is CC(=O)NC(Cc1c[nH]c2ccc(Br)cc12)C(=O)NC(CO)CO. The summed E-state index contributed by atoms with van der Waals surface area (Å²) in [6.07, 6.45) is 2.08. The summed E-state index contributed by atoms with van der Waals surface area (Å²) in [7, 11) is 0. The van der Waals surface area contributed by atoms with Crippen LogP contribution in [0.3, 0.4) is 0 Å². The van der Waals surface area contributed by atoms with Crippen LogP contribution in [0.2, 0.25) is 0 Å². The van der Waals surface area contributed by atoms with Gasteiger partial charge in [-0.2, -0.15) is 0 Å². The lowest BCUT2D eigenvalue weighted by molar-refractivity contribution is -0.128. The van der Waals surface area contributed by atoms with E-state index in [0.29, 0.717) is 0 Å². The molecule has 1 unspecified atom stereocenters. The van der Waals surface area contributed by atoms with Crippen LogP contribution in [0.1, 0.15) is 12.5 Å². The van der Waals surface area contributed by atoms with Gasteiger partial charge in [0.05, 0.1) is 19.3 Å². The Morgan fingerprint density at radius 3 is 2.58 bits per heavy atom. The second-order valence-corrected chi connectivity index (χ2v) is 6.45. The molecule has 1 aromatic heterocycles. The summed E-state index contributed by atoms with van der Waals surface area (Å²) in [5.74, 6) is -0.789. The number of hydrogen-bond acceptors (Lipinski definition) is 4. The molecule has 130 valence electrons. The van der Waals surface area contributed by atoms with Crippen LogP contribution in [-0.4, -0.2) is 52.3 Å². The molecule has 0 saturated heterocycles. The van der Waals surface area contributed by atoms with Crippen LogP contribution in [0.25, 0.3) is 10.9 Å². The summed E-state index contributed by atoms with van der Waals surface area (Å²) in [6.45, 7) is 0.575. The van der Waals surface area contributed by atoms with Gasteiger partial charge in [0.1, 0.15) is 6.04 Å². The van der Waals surface area contributed by atoms with E-state index in [2.05, 4.69) is 31.5 Å². The number of aliphatic hydroxyl groups excluding tert-OH is 2. The zero-order valence-corrected chi connectivity index (χ0v) is 14.8. The average Bonchev–Trinajstić information content (AvgIpc) is 2.93. The second-order valence-electron chi connectivity index (χ2n) is 5.53. The Morgan fingerprint density at radius 1 is 1.25 bits per heavy atom. The summed E-state index contributed by atoms with van der Waals surface area (Å²) in [4.78, 5) is 26.9. The molecule has 0 saturated carbocycles. The third-order valence-electron chi connectivity index (χ3n) is 3.63. The first-order valence-corrected chi connectivity index (χ1v) is 8.28. The number of benzene rings is 1. The number of fused-ring (bicyclic) bond motifs is 1. The molecule has 0 aliphatic heterocycles. The van der Waals surface area contributed by atoms with Crippen LogP contribution >= 0.6 is 15.9 Å². The normalized spacial score (nSPS) is 12.4. The van der Waals surface area contributed by atoms with Gasteiger partial charge in [0.15, 0.2) is 0 Å². The van der Waals surface area contributed by atoms with Crippen LogP contribution in [0.5, 0.6) is 0 Å². The van der Waals surface area contributed by atoms with Gasteiger partial charge < -0.3 is 25.8 Å². The van der Waals surface area contributed by atoms with E-state index in [0.717, 1.165) is 20.9 Å². The molecular formula is C16H20BrN3O4. The van der Waals surface area contributed by atoms with Crippen LogP contribution in [-0.2, 0) is 16.0 Å². The van der Waals surface area contributed by atoms with Crippen molar-refractivity contribution >= 4 is 38.6 Å². The van der Waals surface area contributed by atoms with Gasteiger partial charge in [0.2, 0.25) is 11.8 Å². The molecule has 0 spiro atoms. The second kappa shape index (κ2) is 8.27. The van der Waals surface area contributed by atoms with E-state index in [1.54, 1.807) is 6.20 Å². The maximum Gasteiger partial charge on any atom is 0.243 e. The molecule has 1 atom stereocenters. The summed E-state index contributed by atoms with van der Waals surface area (Å²) in [5, 5.41) is 24.3. The third-order valence-corrected chi connectivity index (χ3v) is 4.13. The van der Waals surface area contributed by atoms with Crippen molar-refractivity contribution in [3.8, 4) is 0 Å². The maximum absolute atomic E-state index is 12.4. The van der Waals surface area contributed by atoms with Crippen LogP contribution in [0.4, 0.5) is 0 Å². The number of rotatable bonds is 7. The van der Waals surface area contributed by atoms with E-state index in [1.807, 2.05) is 18.2 Å². The van der Waals surface area contributed by atoms with E-state index >= 15 is 0 Å². The topological polar surface area (TPSA) is 114 Å². The van der Waals surface area contributed by atoms with E-state index in [-0.39, 0.29) is 25.5 Å². The lowest BCUT2D eigenvalue weighted by Gasteiger charge is -2.20. The Balaban J connectivity index is 2.22. The van der Waals surface area contributed by atoms with Crippen molar-refractivity contribution in [3.63, 3.8) is 0 Å². The minimum atomic E-state index is -0.805. The molecule has 7 nitrogen and oxygen atoms in total. The fraction of sp³-hybridized carbons (Fsp3) is 0.375. The van der Waals surface area contributed by atoms with E-state index in [4.69, 9.17) is 10.2 Å². The van der Waals surface area contributed by atoms with Crippen LogP contribution < -0.4 is 10.6 Å². The number of H-pyrrole nitrogens is 1. The maximum atomic E-state index is 12.4. The minimum absolute atomic E-state index is 0.283. The number of halogens is 1. The first kappa shape index (κ1) is 18.4. The Morgan fingerprint density at radius 2 is 1.96 bits per heavy atom. The average molecular weight is 398 g/mol. The third kappa shape index (κ3) is 4.56. The molecule has 8 heteroatoms. The molecule has 0 fully saturated rings. The molecule has 0 aliphatic rings. The molecule has 2 rings (SSSR count). The predicted octanol–water partition coefficient (Wildman–Crippen LogP) is 0.447. The number of carbonyl (C=O) groups is 2. The number of nitrogens with one attached hydrogen (secondary N) is 3. The highest BCUT2D eigenvalue weighted by Crippen LogP contribution is 2.23. The van der Waals surface area contributed by atoms with E-state index in [1.165, 1.54) is 6.92 Å². The standard InChI is InChI=1S/C16H20BrN3O4/c1-9(23)19-15(16(24)20-12(7-21)8-22)4-10-6-18-14-3-2-11(17)5-13(10)14/h2-3,5-6,12,15,18,21-22H,4,7-8H2,1H3,(H,19,23)(H,20,24). The number of aliphatic hydroxyl groups is 2. The fourth-order valence-electron chi connectivity index (χ4n) is 2.44. The summed E-state index contributed by atoms with van der Waals surface area (Å²) >= 11 is 3.42. The molecule has 24 heavy (non-hydrogen) atoms. The highest BCUT2D eigenvalue weighted by atomic mass is 79.9. The zero-order chi connectivity index (χ0) is 17.7. The smallest absolute Gasteiger partial charge is 0.243 e. The highest BCUT2D eigenvalue weighted by molar-refractivity contribution is 9.10. The van der Waals surface area contributed by atoms with Gasteiger partial charge in [-0.3, -0.25) is 9.59 Å². The molecule has 2 aromatic rings. The summed E-state index contributed by atoms with van der Waals surface area (Å²) in [6, 6.07) is 4.21. The van der Waals surface area contributed by atoms with Crippen molar-refractivity contribution in [3.05, 3.63) is 34.4 Å². The lowest BCUT2D eigenvalue weighted by Crippen LogP contribution is -2.52. The molecular weight excluding hydrogens is 378 g/mol. The molecule has 0 radical (unpaired) electrons. The van der Waals surface area contributed by atoms with Gasteiger partial charge in [0.25, 0.3) is 0 Å². The number of hydrogen-bond donors (Lipinski definition) is 5. The van der Waals surface area contributed by atoms with Crippen molar-refractivity contribution in [2.75, 3.05) is 13.2 Å². The fourth-order valence-corrected chi connectivity index (χ4v) is 2.81.